The van der Waals surface area contributed by atoms with Gasteiger partial charge in [0.05, 0.1) is 11.2 Å². The van der Waals surface area contributed by atoms with E-state index in [4.69, 9.17) is 9.84 Å². The number of aliphatic hydroxyl groups is 1. The van der Waals surface area contributed by atoms with E-state index in [9.17, 15) is 18.3 Å². The topological polar surface area (TPSA) is 113 Å². The minimum Gasteiger partial charge on any atom is -0.478 e. The Balaban J connectivity index is 2.72. The number of hydrogen-bond acceptors (Lipinski definition) is 6. The van der Waals surface area contributed by atoms with Crippen LogP contribution in [0.3, 0.4) is 0 Å². The van der Waals surface area contributed by atoms with Crippen molar-refractivity contribution in [2.45, 2.75) is 23.2 Å². The molecule has 3 N–H and O–H groups in total. The molecule has 1 rings (SSSR count). The molecule has 0 spiro atoms. The quantitative estimate of drug-likeness (QED) is 0.642. The molecule has 7 nitrogen and oxygen atoms in total. The zero-order valence-electron chi connectivity index (χ0n) is 11.1. The molecule has 0 saturated carbocycles. The van der Waals surface area contributed by atoms with Crippen molar-refractivity contribution in [3.8, 4) is 0 Å². The van der Waals surface area contributed by atoms with Gasteiger partial charge in [-0.05, 0) is 13.0 Å². The number of carbonyl (C=O) groups is 1. The van der Waals surface area contributed by atoms with Crippen molar-refractivity contribution in [3.05, 3.63) is 17.0 Å². The number of aromatic carboxylic acids is 1. The first-order valence-corrected chi connectivity index (χ1v) is 8.07. The van der Waals surface area contributed by atoms with E-state index >= 15 is 0 Å². The third kappa shape index (κ3) is 4.84. The van der Waals surface area contributed by atoms with Crippen molar-refractivity contribution in [2.24, 2.45) is 0 Å². The van der Waals surface area contributed by atoms with Crippen molar-refractivity contribution in [3.63, 3.8) is 0 Å². The number of hydrogen-bond donors (Lipinski definition) is 3. The van der Waals surface area contributed by atoms with Gasteiger partial charge in [-0.1, -0.05) is 0 Å². The summed E-state index contributed by atoms with van der Waals surface area (Å²) in [6, 6.07) is 1.08. The highest BCUT2D eigenvalue weighted by Gasteiger charge is 2.25. The number of carboxylic acid groups (broad SMARTS) is 1. The van der Waals surface area contributed by atoms with Gasteiger partial charge < -0.3 is 14.9 Å². The van der Waals surface area contributed by atoms with Crippen molar-refractivity contribution >= 4 is 27.3 Å². The largest absolute Gasteiger partial charge is 0.478 e. The van der Waals surface area contributed by atoms with Crippen LogP contribution in [-0.4, -0.2) is 50.5 Å². The van der Waals surface area contributed by atoms with Crippen LogP contribution in [-0.2, 0) is 14.8 Å². The zero-order chi connectivity index (χ0) is 15.4. The van der Waals surface area contributed by atoms with E-state index in [1.165, 1.54) is 19.4 Å². The van der Waals surface area contributed by atoms with E-state index in [0.29, 0.717) is 6.61 Å². The summed E-state index contributed by atoms with van der Waals surface area (Å²) < 4.78 is 30.9. The smallest absolute Gasteiger partial charge is 0.336 e. The van der Waals surface area contributed by atoms with Crippen LogP contribution in [0.25, 0.3) is 0 Å². The van der Waals surface area contributed by atoms with Gasteiger partial charge in [-0.25, -0.2) is 17.9 Å². The van der Waals surface area contributed by atoms with Crippen LogP contribution in [0.2, 0.25) is 0 Å². The predicted octanol–water partition coefficient (Wildman–Crippen LogP) is 0.512. The Hall–Kier alpha value is -1.00. The lowest BCUT2D eigenvalue weighted by Gasteiger charge is -2.22. The molecule has 1 aromatic heterocycles. The first-order valence-electron chi connectivity index (χ1n) is 5.71. The Kier molecular flexibility index (Phi) is 5.66. The molecule has 0 radical (unpaired) electrons. The second kappa shape index (κ2) is 6.64. The maximum atomic E-state index is 12.0. The fourth-order valence-electron chi connectivity index (χ4n) is 1.30. The molecule has 1 unspecified atom stereocenters. The zero-order valence-corrected chi connectivity index (χ0v) is 12.8. The number of rotatable bonds is 8. The Morgan fingerprint density at radius 2 is 2.20 bits per heavy atom. The molecule has 0 aromatic carbocycles. The van der Waals surface area contributed by atoms with Gasteiger partial charge in [-0.2, -0.15) is 0 Å². The van der Waals surface area contributed by atoms with Crippen LogP contribution in [0.1, 0.15) is 23.7 Å². The SMILES string of the molecule is COCCC(C)(O)CNS(=O)(=O)c1cc(C(=O)O)cs1. The number of carboxylic acids is 1. The van der Waals surface area contributed by atoms with E-state index in [0.717, 1.165) is 17.4 Å². The van der Waals surface area contributed by atoms with E-state index in [1.54, 1.807) is 0 Å². The molecule has 0 amide bonds. The van der Waals surface area contributed by atoms with E-state index in [2.05, 4.69) is 4.72 Å². The average Bonchev–Trinajstić information content (AvgIpc) is 2.85. The number of sulfonamides is 1. The first kappa shape index (κ1) is 17.1. The van der Waals surface area contributed by atoms with Crippen LogP contribution in [0, 0.1) is 0 Å². The van der Waals surface area contributed by atoms with Crippen LogP contribution < -0.4 is 4.72 Å². The molecule has 0 aliphatic heterocycles. The van der Waals surface area contributed by atoms with Crippen molar-refractivity contribution in [2.75, 3.05) is 20.3 Å². The molecule has 114 valence electrons. The average molecular weight is 323 g/mol. The Labute approximate surface area is 121 Å². The van der Waals surface area contributed by atoms with Crippen molar-refractivity contribution in [1.29, 1.82) is 0 Å². The monoisotopic (exact) mass is 323 g/mol. The van der Waals surface area contributed by atoms with E-state index in [-0.39, 0.29) is 22.7 Å². The lowest BCUT2D eigenvalue weighted by molar-refractivity contribution is 0.0292. The molecule has 9 heteroatoms. The molecule has 0 bridgehead atoms. The summed E-state index contributed by atoms with van der Waals surface area (Å²) in [6.07, 6.45) is 0.275. The fourth-order valence-corrected chi connectivity index (χ4v) is 3.66. The summed E-state index contributed by atoms with van der Waals surface area (Å²) in [5.74, 6) is -1.19. The van der Waals surface area contributed by atoms with Gasteiger partial charge in [0.15, 0.2) is 0 Å². The molecular formula is C11H17NO6S2. The second-order valence-corrected chi connectivity index (χ2v) is 7.43. The molecule has 0 fully saturated rings. The summed E-state index contributed by atoms with van der Waals surface area (Å²) in [5, 5.41) is 20.0. The lowest BCUT2D eigenvalue weighted by Crippen LogP contribution is -2.41. The summed E-state index contributed by atoms with van der Waals surface area (Å²) in [7, 11) is -2.34. The minimum absolute atomic E-state index is 0.0819. The number of thiophene rings is 1. The van der Waals surface area contributed by atoms with E-state index in [1.807, 2.05) is 0 Å². The fraction of sp³-hybridized carbons (Fsp3) is 0.545. The van der Waals surface area contributed by atoms with Gasteiger partial charge in [0.25, 0.3) is 0 Å². The van der Waals surface area contributed by atoms with Crippen molar-refractivity contribution < 1.29 is 28.2 Å². The number of nitrogens with one attached hydrogen (secondary N) is 1. The van der Waals surface area contributed by atoms with Crippen molar-refractivity contribution in [1.82, 2.24) is 4.72 Å². The van der Waals surface area contributed by atoms with Gasteiger partial charge in [-0.15, -0.1) is 11.3 Å². The summed E-state index contributed by atoms with van der Waals surface area (Å²) in [6.45, 7) is 1.61. The van der Waals surface area contributed by atoms with Gasteiger partial charge in [0.2, 0.25) is 10.0 Å². The molecule has 1 heterocycles. The highest BCUT2D eigenvalue weighted by molar-refractivity contribution is 7.91. The molecule has 20 heavy (non-hydrogen) atoms. The highest BCUT2D eigenvalue weighted by atomic mass is 32.2. The standard InChI is InChI=1S/C11H17NO6S2/c1-11(15,3-4-18-2)7-12-20(16,17)9-5-8(6-19-9)10(13)14/h5-6,12,15H,3-4,7H2,1-2H3,(H,13,14). The normalized spacial score (nSPS) is 14.9. The predicted molar refractivity (Wildman–Crippen MR) is 73.6 cm³/mol. The summed E-state index contributed by atoms with van der Waals surface area (Å²) >= 11 is 0.816. The number of ether oxygens (including phenoxy) is 1. The minimum atomic E-state index is -3.83. The maximum Gasteiger partial charge on any atom is 0.336 e. The summed E-state index contributed by atoms with van der Waals surface area (Å²) in [5.41, 5.74) is -1.32. The molecule has 0 aliphatic carbocycles. The third-order valence-corrected chi connectivity index (χ3v) is 5.42. The second-order valence-electron chi connectivity index (χ2n) is 4.52. The molecule has 0 saturated heterocycles. The van der Waals surface area contributed by atoms with Gasteiger partial charge in [0, 0.05) is 32.1 Å². The molecular weight excluding hydrogens is 306 g/mol. The van der Waals surface area contributed by atoms with Crippen LogP contribution >= 0.6 is 11.3 Å². The highest BCUT2D eigenvalue weighted by Crippen LogP contribution is 2.20. The third-order valence-electron chi connectivity index (χ3n) is 2.57. The lowest BCUT2D eigenvalue weighted by atomic mass is 10.0. The number of methoxy groups -OCH3 is 1. The van der Waals surface area contributed by atoms with Gasteiger partial charge in [0.1, 0.15) is 4.21 Å². The van der Waals surface area contributed by atoms with E-state index < -0.39 is 21.6 Å². The summed E-state index contributed by atoms with van der Waals surface area (Å²) in [4.78, 5) is 10.7. The van der Waals surface area contributed by atoms with Crippen LogP contribution in [0.5, 0.6) is 0 Å². The molecule has 0 aliphatic rings. The van der Waals surface area contributed by atoms with Crippen LogP contribution in [0.4, 0.5) is 0 Å². The molecule has 1 aromatic rings. The molecule has 1 atom stereocenters. The van der Waals surface area contributed by atoms with Crippen LogP contribution in [0.15, 0.2) is 15.7 Å². The maximum absolute atomic E-state index is 12.0. The van der Waals surface area contributed by atoms with Gasteiger partial charge in [-0.3, -0.25) is 0 Å². The Morgan fingerprint density at radius 1 is 1.55 bits per heavy atom. The van der Waals surface area contributed by atoms with Gasteiger partial charge >= 0.3 is 5.97 Å². The Morgan fingerprint density at radius 3 is 2.70 bits per heavy atom. The Bertz CT molecular complexity index is 563. The first-order chi connectivity index (χ1) is 9.18.